The van der Waals surface area contributed by atoms with E-state index >= 15 is 0 Å². The lowest BCUT2D eigenvalue weighted by molar-refractivity contribution is -0.115. The molecule has 0 aliphatic rings. The Morgan fingerprint density at radius 3 is 2.61 bits per heavy atom. The van der Waals surface area contributed by atoms with E-state index in [0.717, 1.165) is 6.42 Å². The number of hydrogen-bond donors (Lipinski definition) is 2. The molecule has 5 nitrogen and oxygen atoms in total. The molecule has 2 N–H and O–H groups in total. The lowest BCUT2D eigenvalue weighted by Crippen LogP contribution is -2.12. The Hall–Kier alpha value is -2.04. The van der Waals surface area contributed by atoms with Crippen molar-refractivity contribution in [2.45, 2.75) is 26.7 Å². The van der Waals surface area contributed by atoms with E-state index < -0.39 is 5.97 Å². The molecule has 0 bridgehead atoms. The number of carboxylic acids is 1. The van der Waals surface area contributed by atoms with Crippen molar-refractivity contribution in [3.05, 3.63) is 23.8 Å². The summed E-state index contributed by atoms with van der Waals surface area (Å²) >= 11 is 0. The van der Waals surface area contributed by atoms with Crippen molar-refractivity contribution in [2.75, 3.05) is 11.9 Å². The number of benzene rings is 1. The first-order chi connectivity index (χ1) is 8.58. The third kappa shape index (κ3) is 3.76. The number of carboxylic acid groups (broad SMARTS) is 1. The number of aromatic carboxylic acids is 1. The second kappa shape index (κ2) is 6.64. The second-order valence-electron chi connectivity index (χ2n) is 3.77. The maximum absolute atomic E-state index is 11.4. The maximum Gasteiger partial charge on any atom is 0.335 e. The summed E-state index contributed by atoms with van der Waals surface area (Å²) in [7, 11) is 0. The predicted molar refractivity (Wildman–Crippen MR) is 68.1 cm³/mol. The van der Waals surface area contributed by atoms with Crippen molar-refractivity contribution in [1.29, 1.82) is 0 Å². The molecule has 98 valence electrons. The zero-order valence-corrected chi connectivity index (χ0v) is 10.5. The van der Waals surface area contributed by atoms with Gasteiger partial charge in [-0.05, 0) is 24.6 Å². The van der Waals surface area contributed by atoms with Gasteiger partial charge in [0.1, 0.15) is 5.75 Å². The number of anilines is 1. The van der Waals surface area contributed by atoms with Crippen LogP contribution in [0.4, 0.5) is 5.69 Å². The first-order valence-electron chi connectivity index (χ1n) is 5.88. The molecule has 0 aliphatic carbocycles. The highest BCUT2D eigenvalue weighted by Crippen LogP contribution is 2.26. The molecule has 5 heteroatoms. The Bertz CT molecular complexity index is 443. The van der Waals surface area contributed by atoms with Crippen LogP contribution in [-0.2, 0) is 4.79 Å². The van der Waals surface area contributed by atoms with Crippen LogP contribution in [0.3, 0.4) is 0 Å². The topological polar surface area (TPSA) is 75.6 Å². The van der Waals surface area contributed by atoms with Gasteiger partial charge in [0, 0.05) is 6.42 Å². The normalized spacial score (nSPS) is 9.89. The molecule has 0 atom stereocenters. The number of nitrogens with one attached hydrogen (secondary N) is 1. The van der Waals surface area contributed by atoms with E-state index in [2.05, 4.69) is 5.32 Å². The fourth-order valence-corrected chi connectivity index (χ4v) is 1.34. The van der Waals surface area contributed by atoms with Gasteiger partial charge < -0.3 is 15.2 Å². The Balaban J connectivity index is 3.01. The van der Waals surface area contributed by atoms with Crippen LogP contribution in [-0.4, -0.2) is 23.6 Å². The summed E-state index contributed by atoms with van der Waals surface area (Å²) in [4.78, 5) is 22.3. The van der Waals surface area contributed by atoms with E-state index in [4.69, 9.17) is 9.84 Å². The van der Waals surface area contributed by atoms with Crippen molar-refractivity contribution in [3.63, 3.8) is 0 Å². The molecule has 0 unspecified atom stereocenters. The van der Waals surface area contributed by atoms with E-state index in [1.54, 1.807) is 13.0 Å². The van der Waals surface area contributed by atoms with Gasteiger partial charge in [-0.25, -0.2) is 4.79 Å². The Morgan fingerprint density at radius 2 is 2.06 bits per heavy atom. The van der Waals surface area contributed by atoms with Crippen LogP contribution in [0.5, 0.6) is 5.75 Å². The fourth-order valence-electron chi connectivity index (χ4n) is 1.34. The van der Waals surface area contributed by atoms with Gasteiger partial charge in [-0.2, -0.15) is 0 Å². The van der Waals surface area contributed by atoms with Crippen LogP contribution < -0.4 is 10.1 Å². The minimum absolute atomic E-state index is 0.116. The van der Waals surface area contributed by atoms with E-state index in [1.165, 1.54) is 12.1 Å². The van der Waals surface area contributed by atoms with Crippen molar-refractivity contribution < 1.29 is 19.4 Å². The summed E-state index contributed by atoms with van der Waals surface area (Å²) < 4.78 is 5.46. The Kier molecular flexibility index (Phi) is 5.17. The van der Waals surface area contributed by atoms with Gasteiger partial charge in [0.25, 0.3) is 0 Å². The van der Waals surface area contributed by atoms with E-state index in [9.17, 15) is 9.59 Å². The van der Waals surface area contributed by atoms with Gasteiger partial charge in [-0.1, -0.05) is 13.8 Å². The highest BCUT2D eigenvalue weighted by molar-refractivity contribution is 5.95. The lowest BCUT2D eigenvalue weighted by atomic mass is 10.2. The van der Waals surface area contributed by atoms with Crippen molar-refractivity contribution >= 4 is 17.6 Å². The molecule has 0 fully saturated rings. The molecule has 1 rings (SSSR count). The SMILES string of the molecule is CCCOc1ccc(C(=O)O)cc1NC(=O)CC. The molecule has 0 heterocycles. The zero-order valence-electron chi connectivity index (χ0n) is 10.5. The maximum atomic E-state index is 11.4. The number of hydrogen-bond acceptors (Lipinski definition) is 3. The van der Waals surface area contributed by atoms with Gasteiger partial charge in [0.05, 0.1) is 17.9 Å². The highest BCUT2D eigenvalue weighted by atomic mass is 16.5. The molecular formula is C13H17NO4. The van der Waals surface area contributed by atoms with Gasteiger partial charge in [0.2, 0.25) is 5.91 Å². The fraction of sp³-hybridized carbons (Fsp3) is 0.385. The molecule has 18 heavy (non-hydrogen) atoms. The number of amides is 1. The lowest BCUT2D eigenvalue weighted by Gasteiger charge is -2.12. The third-order valence-corrected chi connectivity index (χ3v) is 2.28. The molecule has 0 radical (unpaired) electrons. The van der Waals surface area contributed by atoms with Crippen LogP contribution in [0.15, 0.2) is 18.2 Å². The van der Waals surface area contributed by atoms with Crippen LogP contribution in [0.25, 0.3) is 0 Å². The molecular weight excluding hydrogens is 234 g/mol. The third-order valence-electron chi connectivity index (χ3n) is 2.28. The number of ether oxygens (including phenoxy) is 1. The minimum Gasteiger partial charge on any atom is -0.491 e. The quantitative estimate of drug-likeness (QED) is 0.814. The molecule has 0 aromatic heterocycles. The van der Waals surface area contributed by atoms with E-state index in [-0.39, 0.29) is 11.5 Å². The summed E-state index contributed by atoms with van der Waals surface area (Å²) in [5.74, 6) is -0.730. The number of carbonyl (C=O) groups is 2. The van der Waals surface area contributed by atoms with Gasteiger partial charge >= 0.3 is 5.97 Å². The standard InChI is InChI=1S/C13H17NO4/c1-3-7-18-11-6-5-9(13(16)17)8-10(11)14-12(15)4-2/h5-6,8H,3-4,7H2,1-2H3,(H,14,15)(H,16,17). The molecule has 1 aromatic carbocycles. The molecule has 0 spiro atoms. The summed E-state index contributed by atoms with van der Waals surface area (Å²) in [5.41, 5.74) is 0.514. The monoisotopic (exact) mass is 251 g/mol. The molecule has 1 amide bonds. The molecule has 0 aliphatic heterocycles. The molecule has 0 saturated carbocycles. The van der Waals surface area contributed by atoms with Crippen LogP contribution in [0.1, 0.15) is 37.0 Å². The number of rotatable bonds is 6. The summed E-state index contributed by atoms with van der Waals surface area (Å²) in [6, 6.07) is 4.42. The highest BCUT2D eigenvalue weighted by Gasteiger charge is 2.11. The van der Waals surface area contributed by atoms with E-state index in [1.807, 2.05) is 6.92 Å². The summed E-state index contributed by atoms with van der Waals surface area (Å²) in [6.45, 7) is 4.21. The average Bonchev–Trinajstić information content (AvgIpc) is 2.36. The minimum atomic E-state index is -1.04. The van der Waals surface area contributed by atoms with Gasteiger partial charge in [-0.15, -0.1) is 0 Å². The smallest absolute Gasteiger partial charge is 0.335 e. The zero-order chi connectivity index (χ0) is 13.5. The Labute approximate surface area is 106 Å². The molecule has 0 saturated heterocycles. The van der Waals surface area contributed by atoms with Crippen molar-refractivity contribution in [1.82, 2.24) is 0 Å². The van der Waals surface area contributed by atoms with Crippen LogP contribution >= 0.6 is 0 Å². The second-order valence-corrected chi connectivity index (χ2v) is 3.77. The Morgan fingerprint density at radius 1 is 1.33 bits per heavy atom. The largest absolute Gasteiger partial charge is 0.491 e. The van der Waals surface area contributed by atoms with Gasteiger partial charge in [0.15, 0.2) is 0 Å². The summed E-state index contributed by atoms with van der Waals surface area (Å²) in [5, 5.41) is 11.6. The average molecular weight is 251 g/mol. The first-order valence-corrected chi connectivity index (χ1v) is 5.88. The van der Waals surface area contributed by atoms with Crippen LogP contribution in [0.2, 0.25) is 0 Å². The van der Waals surface area contributed by atoms with Crippen molar-refractivity contribution in [3.8, 4) is 5.75 Å². The van der Waals surface area contributed by atoms with Crippen molar-refractivity contribution in [2.24, 2.45) is 0 Å². The molecule has 1 aromatic rings. The van der Waals surface area contributed by atoms with Crippen LogP contribution in [0, 0.1) is 0 Å². The number of carbonyl (C=O) groups excluding carboxylic acids is 1. The van der Waals surface area contributed by atoms with Gasteiger partial charge in [-0.3, -0.25) is 4.79 Å². The first kappa shape index (κ1) is 14.0. The predicted octanol–water partition coefficient (Wildman–Crippen LogP) is 2.52. The summed E-state index contributed by atoms with van der Waals surface area (Å²) in [6.07, 6.45) is 1.16. The van der Waals surface area contributed by atoms with E-state index in [0.29, 0.717) is 24.5 Å².